The lowest BCUT2D eigenvalue weighted by Crippen LogP contribution is -2.33. The molecule has 1 unspecified atom stereocenters. The highest BCUT2D eigenvalue weighted by Crippen LogP contribution is 2.43. The fraction of sp³-hybridized carbons (Fsp3) is 0.462. The summed E-state index contributed by atoms with van der Waals surface area (Å²) in [6, 6.07) is 0.0692. The standard InChI is InChI=1S/C26H24F10N2O4/c1-13(2)41-23(40)42-38-6-4-5-21(18-10-19(26(34,35)36)20(27)11-22(18)38)37(14(3)39)12-15-7-16(24(28,29)30)9-17(8-15)25(31,32)33/h7-11,13,21H,4-6,12H2,1-3H3. The van der Waals surface area contributed by atoms with Gasteiger partial charge in [0.2, 0.25) is 5.91 Å². The van der Waals surface area contributed by atoms with E-state index in [9.17, 15) is 53.5 Å². The fourth-order valence-corrected chi connectivity index (χ4v) is 4.45. The summed E-state index contributed by atoms with van der Waals surface area (Å²) in [5, 5.41) is 0.758. The molecular formula is C26H24F10N2O4. The van der Waals surface area contributed by atoms with E-state index in [4.69, 9.17) is 9.57 Å². The highest BCUT2D eigenvalue weighted by atomic mass is 19.4. The zero-order chi connectivity index (χ0) is 31.8. The van der Waals surface area contributed by atoms with Crippen LogP contribution in [0, 0.1) is 5.82 Å². The zero-order valence-corrected chi connectivity index (χ0v) is 22.2. The predicted octanol–water partition coefficient (Wildman–Crippen LogP) is 8.05. The molecule has 1 atom stereocenters. The smallest absolute Gasteiger partial charge is 0.430 e. The summed E-state index contributed by atoms with van der Waals surface area (Å²) in [7, 11) is 0. The molecule has 0 aliphatic carbocycles. The first-order valence-corrected chi connectivity index (χ1v) is 12.3. The number of hydrogen-bond donors (Lipinski definition) is 0. The van der Waals surface area contributed by atoms with Crippen molar-refractivity contribution in [3.63, 3.8) is 0 Å². The van der Waals surface area contributed by atoms with E-state index >= 15 is 0 Å². The van der Waals surface area contributed by atoms with Crippen LogP contribution in [0.2, 0.25) is 0 Å². The SMILES string of the molecule is CC(=O)N(Cc1cc(C(F)(F)F)cc(C(F)(F)F)c1)C1CCCN(OC(=O)OC(C)C)c2cc(F)c(C(F)(F)F)cc21. The summed E-state index contributed by atoms with van der Waals surface area (Å²) in [5.74, 6) is -2.67. The maximum Gasteiger partial charge on any atom is 0.533 e. The number of amides is 1. The molecule has 232 valence electrons. The van der Waals surface area contributed by atoms with E-state index < -0.39 is 88.6 Å². The minimum atomic E-state index is -5.22. The first-order valence-electron chi connectivity index (χ1n) is 12.3. The fourth-order valence-electron chi connectivity index (χ4n) is 4.45. The van der Waals surface area contributed by atoms with E-state index in [-0.39, 0.29) is 25.5 Å². The maximum atomic E-state index is 14.7. The molecule has 0 bridgehead atoms. The number of anilines is 1. The van der Waals surface area contributed by atoms with Crippen molar-refractivity contribution in [3.05, 3.63) is 64.0 Å². The number of carbonyl (C=O) groups is 2. The normalized spacial score (nSPS) is 16.1. The highest BCUT2D eigenvalue weighted by molar-refractivity contribution is 5.75. The topological polar surface area (TPSA) is 59.1 Å². The summed E-state index contributed by atoms with van der Waals surface area (Å²) >= 11 is 0. The predicted molar refractivity (Wildman–Crippen MR) is 126 cm³/mol. The molecule has 0 spiro atoms. The molecule has 1 amide bonds. The molecule has 42 heavy (non-hydrogen) atoms. The molecular weight excluding hydrogens is 594 g/mol. The number of alkyl halides is 9. The number of halogens is 10. The quantitative estimate of drug-likeness (QED) is 0.251. The van der Waals surface area contributed by atoms with Gasteiger partial charge < -0.3 is 14.5 Å². The van der Waals surface area contributed by atoms with Crippen molar-refractivity contribution < 1.29 is 63.1 Å². The number of benzene rings is 2. The van der Waals surface area contributed by atoms with Crippen molar-refractivity contribution >= 4 is 17.7 Å². The van der Waals surface area contributed by atoms with Gasteiger partial charge in [-0.2, -0.15) is 39.5 Å². The Labute approximate surface area is 232 Å². The molecule has 1 heterocycles. The second-order valence-corrected chi connectivity index (χ2v) is 9.72. The monoisotopic (exact) mass is 618 g/mol. The molecule has 16 heteroatoms. The van der Waals surface area contributed by atoms with Crippen molar-refractivity contribution in [2.75, 3.05) is 11.6 Å². The summed E-state index contributed by atoms with van der Waals surface area (Å²) in [5.41, 5.74) is -6.49. The van der Waals surface area contributed by atoms with Crippen LogP contribution in [0.1, 0.15) is 67.5 Å². The zero-order valence-electron chi connectivity index (χ0n) is 22.2. The second-order valence-electron chi connectivity index (χ2n) is 9.72. The van der Waals surface area contributed by atoms with Gasteiger partial charge in [0.25, 0.3) is 0 Å². The van der Waals surface area contributed by atoms with E-state index in [0.29, 0.717) is 24.3 Å². The Hall–Kier alpha value is -3.72. The van der Waals surface area contributed by atoms with Crippen LogP contribution >= 0.6 is 0 Å². The summed E-state index contributed by atoms with van der Waals surface area (Å²) in [6.07, 6.45) is -17.7. The molecule has 3 rings (SSSR count). The molecule has 0 saturated carbocycles. The van der Waals surface area contributed by atoms with Crippen LogP contribution in [0.25, 0.3) is 0 Å². The average Bonchev–Trinajstić information content (AvgIpc) is 2.98. The van der Waals surface area contributed by atoms with Gasteiger partial charge in [-0.15, -0.1) is 0 Å². The van der Waals surface area contributed by atoms with Crippen molar-refractivity contribution in [2.45, 2.75) is 70.8 Å². The number of rotatable bonds is 5. The third kappa shape index (κ3) is 7.76. The van der Waals surface area contributed by atoms with Crippen LogP contribution in [0.3, 0.4) is 0 Å². The first kappa shape index (κ1) is 32.8. The van der Waals surface area contributed by atoms with Gasteiger partial charge in [0.05, 0.1) is 41.1 Å². The molecule has 0 aromatic heterocycles. The number of hydroxylamine groups is 1. The highest BCUT2D eigenvalue weighted by Gasteiger charge is 2.40. The third-order valence-electron chi connectivity index (χ3n) is 6.19. The number of ether oxygens (including phenoxy) is 1. The van der Waals surface area contributed by atoms with Crippen LogP contribution in [-0.4, -0.2) is 29.6 Å². The average molecular weight is 618 g/mol. The molecule has 1 aliphatic rings. The molecule has 0 fully saturated rings. The lowest BCUT2D eigenvalue weighted by Gasteiger charge is -2.33. The maximum absolute atomic E-state index is 14.7. The van der Waals surface area contributed by atoms with Gasteiger partial charge >= 0.3 is 24.7 Å². The van der Waals surface area contributed by atoms with Gasteiger partial charge in [-0.05, 0) is 56.5 Å². The largest absolute Gasteiger partial charge is 0.533 e. The molecule has 0 saturated heterocycles. The Morgan fingerprint density at radius 3 is 1.98 bits per heavy atom. The Balaban J connectivity index is 2.17. The van der Waals surface area contributed by atoms with Gasteiger partial charge in [-0.25, -0.2) is 14.2 Å². The number of carbonyl (C=O) groups excluding carboxylic acids is 2. The number of hydrogen-bond acceptors (Lipinski definition) is 5. The molecule has 6 nitrogen and oxygen atoms in total. The summed E-state index contributed by atoms with van der Waals surface area (Å²) in [6.45, 7) is 2.78. The molecule has 1 aliphatic heterocycles. The Morgan fingerprint density at radius 2 is 1.50 bits per heavy atom. The van der Waals surface area contributed by atoms with Crippen LogP contribution < -0.4 is 5.06 Å². The van der Waals surface area contributed by atoms with Crippen LogP contribution in [0.4, 0.5) is 54.4 Å². The molecule has 0 N–H and O–H groups in total. The van der Waals surface area contributed by atoms with Crippen LogP contribution in [0.5, 0.6) is 0 Å². The van der Waals surface area contributed by atoms with E-state index in [0.717, 1.165) is 16.9 Å². The van der Waals surface area contributed by atoms with Gasteiger partial charge in [0.15, 0.2) is 0 Å². The van der Waals surface area contributed by atoms with E-state index in [1.165, 1.54) is 13.8 Å². The molecule has 2 aromatic rings. The lowest BCUT2D eigenvalue weighted by atomic mass is 9.96. The van der Waals surface area contributed by atoms with Gasteiger partial charge in [0.1, 0.15) is 5.82 Å². The molecule has 0 radical (unpaired) electrons. The Kier molecular flexibility index (Phi) is 9.27. The van der Waals surface area contributed by atoms with E-state index in [1.807, 2.05) is 0 Å². The van der Waals surface area contributed by atoms with Gasteiger partial charge in [-0.3, -0.25) is 4.79 Å². The minimum Gasteiger partial charge on any atom is -0.430 e. The second kappa shape index (κ2) is 11.9. The minimum absolute atomic E-state index is 0.0164. The van der Waals surface area contributed by atoms with Gasteiger partial charge in [-0.1, -0.05) is 0 Å². The molecule has 2 aromatic carbocycles. The van der Waals surface area contributed by atoms with Crippen LogP contribution in [-0.2, 0) is 39.4 Å². The summed E-state index contributed by atoms with van der Waals surface area (Å²) < 4.78 is 141. The van der Waals surface area contributed by atoms with Gasteiger partial charge in [0, 0.05) is 25.1 Å². The van der Waals surface area contributed by atoms with E-state index in [1.54, 1.807) is 0 Å². The first-order chi connectivity index (χ1) is 19.2. The Bertz CT molecular complexity index is 1290. The van der Waals surface area contributed by atoms with Crippen molar-refractivity contribution in [2.24, 2.45) is 0 Å². The van der Waals surface area contributed by atoms with Crippen molar-refractivity contribution in [1.29, 1.82) is 0 Å². The third-order valence-corrected chi connectivity index (χ3v) is 6.19. The Morgan fingerprint density at radius 1 is 0.929 bits per heavy atom. The van der Waals surface area contributed by atoms with Crippen molar-refractivity contribution in [1.82, 2.24) is 4.90 Å². The number of fused-ring (bicyclic) bond motifs is 1. The van der Waals surface area contributed by atoms with Crippen LogP contribution in [0.15, 0.2) is 30.3 Å². The summed E-state index contributed by atoms with van der Waals surface area (Å²) in [4.78, 5) is 30.7. The number of nitrogens with zero attached hydrogens (tertiary/aromatic N) is 2. The lowest BCUT2D eigenvalue weighted by molar-refractivity contribution is -0.143. The van der Waals surface area contributed by atoms with E-state index in [2.05, 4.69) is 0 Å². The van der Waals surface area contributed by atoms with Crippen molar-refractivity contribution in [3.8, 4) is 0 Å².